The monoisotopic (exact) mass is 83.0 g/mol. The average Bonchev–Trinajstić information content (AvgIpc) is 1.61. The van der Waals surface area contributed by atoms with Crippen LogP contribution in [-0.2, 0) is 4.74 Å². The van der Waals surface area contributed by atoms with E-state index in [2.05, 4.69) is 11.3 Å². The van der Waals surface area contributed by atoms with E-state index < -0.39 is 0 Å². The molecule has 0 aromatic heterocycles. The van der Waals surface area contributed by atoms with Gasteiger partial charge in [0.1, 0.15) is 6.61 Å². The second-order valence-corrected chi connectivity index (χ2v) is 0.758. The quantitative estimate of drug-likeness (QED) is 0.282. The van der Waals surface area contributed by atoms with Crippen LogP contribution in [0.2, 0.25) is 0 Å². The normalized spacial score (nSPS) is 6.67. The Morgan fingerprint density at radius 3 is 2.67 bits per heavy atom. The van der Waals surface area contributed by atoms with E-state index in [1.54, 1.807) is 6.08 Å². The predicted octanol–water partition coefficient (Wildman–Crippen LogP) is 1.14. The van der Waals surface area contributed by atoms with E-state index >= 15 is 0 Å². The summed E-state index contributed by atoms with van der Waals surface area (Å²) in [6.45, 7) is 8.71. The standard InChI is InChI=1S/C5H7O/c1-3-5-6-4-2/h2-4H,1,5H2. The average molecular weight is 83.1 g/mol. The van der Waals surface area contributed by atoms with Crippen LogP contribution in [0.15, 0.2) is 18.9 Å². The lowest BCUT2D eigenvalue weighted by Gasteiger charge is -1.86. The van der Waals surface area contributed by atoms with Crippen molar-refractivity contribution in [2.45, 2.75) is 0 Å². The van der Waals surface area contributed by atoms with E-state index in [9.17, 15) is 0 Å². The Hall–Kier alpha value is -0.720. The van der Waals surface area contributed by atoms with Crippen LogP contribution in [0.25, 0.3) is 0 Å². The fraction of sp³-hybridized carbons (Fsp3) is 0.200. The molecular weight excluding hydrogens is 76.1 g/mol. The van der Waals surface area contributed by atoms with Crippen LogP contribution in [0, 0.1) is 6.58 Å². The lowest BCUT2D eigenvalue weighted by atomic mass is 10.7. The number of ether oxygens (including phenoxy) is 1. The fourth-order valence-corrected chi connectivity index (χ4v) is 0.124. The summed E-state index contributed by atoms with van der Waals surface area (Å²) in [7, 11) is 0. The lowest BCUT2D eigenvalue weighted by Crippen LogP contribution is -1.75. The maximum atomic E-state index is 4.82. The van der Waals surface area contributed by atoms with Crippen LogP contribution in [0.5, 0.6) is 0 Å². The van der Waals surface area contributed by atoms with E-state index in [-0.39, 0.29) is 0 Å². The Morgan fingerprint density at radius 2 is 2.50 bits per heavy atom. The molecule has 33 valence electrons. The van der Waals surface area contributed by atoms with Gasteiger partial charge in [0.2, 0.25) is 0 Å². The molecule has 0 aliphatic carbocycles. The molecule has 0 rings (SSSR count). The highest BCUT2D eigenvalue weighted by Crippen LogP contribution is 1.69. The van der Waals surface area contributed by atoms with Crippen LogP contribution in [0.1, 0.15) is 0 Å². The molecule has 1 heteroatoms. The number of hydrogen-bond donors (Lipinski definition) is 0. The third kappa shape index (κ3) is 3.28. The third-order valence-corrected chi connectivity index (χ3v) is 0.310. The molecule has 0 heterocycles. The SMILES string of the molecule is [CH]=COCC=C. The molecule has 0 atom stereocenters. The minimum atomic E-state index is 0.497. The first-order valence-electron chi connectivity index (χ1n) is 1.67. The molecule has 1 nitrogen and oxygen atoms in total. The van der Waals surface area contributed by atoms with Crippen molar-refractivity contribution in [3.05, 3.63) is 25.5 Å². The van der Waals surface area contributed by atoms with Gasteiger partial charge >= 0.3 is 0 Å². The summed E-state index contributed by atoms with van der Waals surface area (Å²) in [5, 5.41) is 0. The maximum Gasteiger partial charge on any atom is 0.105 e. The minimum absolute atomic E-state index is 0.497. The van der Waals surface area contributed by atoms with Gasteiger partial charge < -0.3 is 4.74 Å². The van der Waals surface area contributed by atoms with Crippen molar-refractivity contribution in [1.29, 1.82) is 0 Å². The van der Waals surface area contributed by atoms with Crippen LogP contribution < -0.4 is 0 Å². The van der Waals surface area contributed by atoms with Crippen molar-refractivity contribution in [3.8, 4) is 0 Å². The molecule has 0 unspecified atom stereocenters. The zero-order chi connectivity index (χ0) is 4.83. The molecule has 0 saturated carbocycles. The Kier molecular flexibility index (Phi) is 3.77. The Balaban J connectivity index is 2.66. The van der Waals surface area contributed by atoms with Gasteiger partial charge in [-0.2, -0.15) is 0 Å². The van der Waals surface area contributed by atoms with Gasteiger partial charge in [0.25, 0.3) is 0 Å². The van der Waals surface area contributed by atoms with Crippen LogP contribution >= 0.6 is 0 Å². The number of rotatable bonds is 3. The zero-order valence-electron chi connectivity index (χ0n) is 3.55. The smallest absolute Gasteiger partial charge is 0.105 e. The van der Waals surface area contributed by atoms with E-state index in [1.807, 2.05) is 0 Å². The molecule has 0 aromatic carbocycles. The highest BCUT2D eigenvalue weighted by Gasteiger charge is 1.61. The Labute approximate surface area is 37.9 Å². The lowest BCUT2D eigenvalue weighted by molar-refractivity contribution is 0.290. The number of hydrogen-bond acceptors (Lipinski definition) is 1. The van der Waals surface area contributed by atoms with Gasteiger partial charge in [-0.1, -0.05) is 12.7 Å². The van der Waals surface area contributed by atoms with E-state index in [4.69, 9.17) is 6.58 Å². The molecule has 0 aromatic rings. The fourth-order valence-electron chi connectivity index (χ4n) is 0.124. The first kappa shape index (κ1) is 5.28. The summed E-state index contributed by atoms with van der Waals surface area (Å²) >= 11 is 0. The molecule has 0 aliphatic heterocycles. The van der Waals surface area contributed by atoms with Gasteiger partial charge in [0, 0.05) is 0 Å². The Morgan fingerprint density at radius 1 is 1.83 bits per heavy atom. The van der Waals surface area contributed by atoms with Crippen molar-refractivity contribution >= 4 is 0 Å². The highest BCUT2D eigenvalue weighted by atomic mass is 16.5. The van der Waals surface area contributed by atoms with Gasteiger partial charge in [-0.25, -0.2) is 0 Å². The first-order chi connectivity index (χ1) is 2.91. The molecule has 0 amide bonds. The molecule has 0 saturated heterocycles. The summed E-state index contributed by atoms with van der Waals surface area (Å²) in [5.74, 6) is 0. The van der Waals surface area contributed by atoms with Gasteiger partial charge in [-0.05, 0) is 6.58 Å². The molecule has 6 heavy (non-hydrogen) atoms. The Bertz CT molecular complexity index is 39.9. The van der Waals surface area contributed by atoms with Crippen molar-refractivity contribution < 1.29 is 4.74 Å². The van der Waals surface area contributed by atoms with E-state index in [0.717, 1.165) is 6.26 Å². The van der Waals surface area contributed by atoms with Crippen molar-refractivity contribution in [2.75, 3.05) is 6.61 Å². The first-order valence-corrected chi connectivity index (χ1v) is 1.67. The molecular formula is C5H7O. The minimum Gasteiger partial charge on any atom is -0.497 e. The molecule has 0 aliphatic rings. The van der Waals surface area contributed by atoms with Crippen molar-refractivity contribution in [3.63, 3.8) is 0 Å². The van der Waals surface area contributed by atoms with Gasteiger partial charge in [-0.15, -0.1) is 0 Å². The van der Waals surface area contributed by atoms with Gasteiger partial charge in [0.15, 0.2) is 0 Å². The molecule has 0 spiro atoms. The second kappa shape index (κ2) is 4.28. The summed E-state index contributed by atoms with van der Waals surface area (Å²) in [6, 6.07) is 0. The zero-order valence-corrected chi connectivity index (χ0v) is 3.55. The second-order valence-electron chi connectivity index (χ2n) is 0.758. The van der Waals surface area contributed by atoms with Gasteiger partial charge in [0.05, 0.1) is 6.26 Å². The van der Waals surface area contributed by atoms with E-state index in [0.29, 0.717) is 6.61 Å². The van der Waals surface area contributed by atoms with Gasteiger partial charge in [-0.3, -0.25) is 0 Å². The van der Waals surface area contributed by atoms with Crippen molar-refractivity contribution in [2.24, 2.45) is 0 Å². The molecule has 0 N–H and O–H groups in total. The summed E-state index contributed by atoms with van der Waals surface area (Å²) in [5.41, 5.74) is 0. The topological polar surface area (TPSA) is 9.23 Å². The summed E-state index contributed by atoms with van der Waals surface area (Å²) < 4.78 is 4.52. The summed E-state index contributed by atoms with van der Waals surface area (Å²) in [6.07, 6.45) is 2.77. The highest BCUT2D eigenvalue weighted by molar-refractivity contribution is 4.65. The van der Waals surface area contributed by atoms with E-state index in [1.165, 1.54) is 0 Å². The van der Waals surface area contributed by atoms with Crippen LogP contribution in [0.4, 0.5) is 0 Å². The molecule has 1 radical (unpaired) electrons. The maximum absolute atomic E-state index is 4.82. The largest absolute Gasteiger partial charge is 0.497 e. The molecule has 0 bridgehead atoms. The van der Waals surface area contributed by atoms with Crippen molar-refractivity contribution in [1.82, 2.24) is 0 Å². The predicted molar refractivity (Wildman–Crippen MR) is 25.0 cm³/mol. The third-order valence-electron chi connectivity index (χ3n) is 0.310. The summed E-state index contributed by atoms with van der Waals surface area (Å²) in [4.78, 5) is 0. The van der Waals surface area contributed by atoms with Crippen LogP contribution in [-0.4, -0.2) is 6.61 Å². The molecule has 0 fully saturated rings. The van der Waals surface area contributed by atoms with Crippen LogP contribution in [0.3, 0.4) is 0 Å².